The normalized spacial score (nSPS) is 29.6. The van der Waals surface area contributed by atoms with Gasteiger partial charge in [0.2, 0.25) is 0 Å². The summed E-state index contributed by atoms with van der Waals surface area (Å²) in [6.45, 7) is 0. The van der Waals surface area contributed by atoms with Gasteiger partial charge in [-0.05, 0) is 18.7 Å². The zero-order valence-electron chi connectivity index (χ0n) is 5.70. The van der Waals surface area contributed by atoms with E-state index in [0.29, 0.717) is 0 Å². The van der Waals surface area contributed by atoms with Gasteiger partial charge in [-0.1, -0.05) is 12.2 Å². The lowest BCUT2D eigenvalue weighted by molar-refractivity contribution is 1.16. The fraction of sp³-hybridized carbons (Fsp3) is 0.125. The van der Waals surface area contributed by atoms with Gasteiger partial charge in [-0.2, -0.15) is 0 Å². The van der Waals surface area contributed by atoms with Crippen LogP contribution in [0.5, 0.6) is 0 Å². The van der Waals surface area contributed by atoms with Crippen LogP contribution in [0.1, 0.15) is 6.42 Å². The number of nitrogens with zero attached hydrogens (tertiary/aromatic N) is 1. The average molecular weight is 134 g/mol. The fourth-order valence-corrected chi connectivity index (χ4v) is 0.595. The SMILES string of the molecule is C1=C\N\C=C/N=C/C=C/C/1. The Kier molecular flexibility index (Phi) is 3.10. The van der Waals surface area contributed by atoms with Crippen LogP contribution < -0.4 is 5.32 Å². The van der Waals surface area contributed by atoms with Gasteiger partial charge in [0.25, 0.3) is 0 Å². The molecule has 0 spiro atoms. The summed E-state index contributed by atoms with van der Waals surface area (Å²) >= 11 is 0. The molecule has 1 N–H and O–H groups in total. The molecule has 1 rings (SSSR count). The molecule has 0 amide bonds. The molecule has 0 aromatic heterocycles. The van der Waals surface area contributed by atoms with Crippen LogP contribution in [0.25, 0.3) is 0 Å². The van der Waals surface area contributed by atoms with E-state index in [2.05, 4.69) is 10.3 Å². The van der Waals surface area contributed by atoms with Crippen LogP contribution in [0.4, 0.5) is 0 Å². The number of rotatable bonds is 0. The summed E-state index contributed by atoms with van der Waals surface area (Å²) in [5.41, 5.74) is 0. The molecule has 0 atom stereocenters. The van der Waals surface area contributed by atoms with Gasteiger partial charge < -0.3 is 5.32 Å². The zero-order valence-corrected chi connectivity index (χ0v) is 5.70. The number of hydrogen-bond donors (Lipinski definition) is 1. The number of nitrogens with one attached hydrogen (secondary N) is 1. The summed E-state index contributed by atoms with van der Waals surface area (Å²) in [7, 11) is 0. The Bertz CT molecular complexity index is 167. The Hall–Kier alpha value is -1.31. The quantitative estimate of drug-likeness (QED) is 0.534. The summed E-state index contributed by atoms with van der Waals surface area (Å²) < 4.78 is 0. The van der Waals surface area contributed by atoms with Crippen molar-refractivity contribution in [2.24, 2.45) is 4.99 Å². The molecule has 1 aliphatic rings. The Morgan fingerprint density at radius 3 is 3.20 bits per heavy atom. The largest absolute Gasteiger partial charge is 0.367 e. The van der Waals surface area contributed by atoms with Crippen molar-refractivity contribution in [3.8, 4) is 0 Å². The van der Waals surface area contributed by atoms with Crippen molar-refractivity contribution in [3.63, 3.8) is 0 Å². The molecule has 1 heterocycles. The van der Waals surface area contributed by atoms with E-state index in [9.17, 15) is 0 Å². The number of allylic oxidation sites excluding steroid dienone is 3. The lowest BCUT2D eigenvalue weighted by atomic mass is 10.4. The minimum atomic E-state index is 0.951. The number of hydrogen-bond acceptors (Lipinski definition) is 2. The first-order chi connectivity index (χ1) is 5.00. The average Bonchev–Trinajstić information content (AvgIpc) is 2.01. The summed E-state index contributed by atoms with van der Waals surface area (Å²) in [5.74, 6) is 0. The molecule has 2 heteroatoms. The van der Waals surface area contributed by atoms with E-state index in [-0.39, 0.29) is 0 Å². The molecule has 10 heavy (non-hydrogen) atoms. The van der Waals surface area contributed by atoms with Crippen molar-refractivity contribution >= 4 is 6.21 Å². The molecular weight excluding hydrogens is 124 g/mol. The summed E-state index contributed by atoms with van der Waals surface area (Å²) in [4.78, 5) is 3.94. The summed E-state index contributed by atoms with van der Waals surface area (Å²) in [6, 6.07) is 0. The lowest BCUT2D eigenvalue weighted by Crippen LogP contribution is -1.90. The smallest absolute Gasteiger partial charge is 0.0427 e. The van der Waals surface area contributed by atoms with Gasteiger partial charge in [0, 0.05) is 18.6 Å². The summed E-state index contributed by atoms with van der Waals surface area (Å²) in [6.07, 6.45) is 14.1. The van der Waals surface area contributed by atoms with E-state index >= 15 is 0 Å². The molecule has 0 aromatic carbocycles. The third kappa shape index (κ3) is 2.87. The van der Waals surface area contributed by atoms with Crippen molar-refractivity contribution in [2.75, 3.05) is 0 Å². The highest BCUT2D eigenvalue weighted by Crippen LogP contribution is 1.85. The van der Waals surface area contributed by atoms with Crippen LogP contribution in [-0.2, 0) is 0 Å². The second kappa shape index (κ2) is 4.56. The molecule has 1 aliphatic heterocycles. The predicted molar refractivity (Wildman–Crippen MR) is 43.7 cm³/mol. The van der Waals surface area contributed by atoms with Crippen LogP contribution in [0, 0.1) is 0 Å². The van der Waals surface area contributed by atoms with E-state index in [1.807, 2.05) is 24.4 Å². The fourth-order valence-electron chi connectivity index (χ4n) is 0.595. The standard InChI is InChI=1S/C8H10N2/c1-2-4-6-10-8-7-9-5-3-1/h1,3-8,10H,2H2/b3-1+,6-4-,8-7-,9-5+. The molecule has 0 fully saturated rings. The van der Waals surface area contributed by atoms with Gasteiger partial charge in [0.05, 0.1) is 0 Å². The Morgan fingerprint density at radius 2 is 2.20 bits per heavy atom. The first-order valence-electron chi connectivity index (χ1n) is 3.24. The van der Waals surface area contributed by atoms with Gasteiger partial charge in [-0.3, -0.25) is 4.99 Å². The maximum Gasteiger partial charge on any atom is 0.0427 e. The highest BCUT2D eigenvalue weighted by atomic mass is 14.8. The Labute approximate surface area is 60.7 Å². The van der Waals surface area contributed by atoms with Crippen molar-refractivity contribution in [1.82, 2.24) is 5.32 Å². The van der Waals surface area contributed by atoms with Crippen LogP contribution in [0.15, 0.2) is 41.8 Å². The van der Waals surface area contributed by atoms with Crippen molar-refractivity contribution in [3.05, 3.63) is 36.8 Å². The first-order valence-corrected chi connectivity index (χ1v) is 3.24. The maximum atomic E-state index is 3.94. The van der Waals surface area contributed by atoms with E-state index in [4.69, 9.17) is 0 Å². The monoisotopic (exact) mass is 134 g/mol. The molecule has 52 valence electrons. The van der Waals surface area contributed by atoms with E-state index in [0.717, 1.165) is 6.42 Å². The second-order valence-corrected chi connectivity index (χ2v) is 1.85. The van der Waals surface area contributed by atoms with Gasteiger partial charge in [0.15, 0.2) is 0 Å². The molecule has 0 saturated carbocycles. The van der Waals surface area contributed by atoms with Gasteiger partial charge >= 0.3 is 0 Å². The third-order valence-electron chi connectivity index (χ3n) is 1.05. The van der Waals surface area contributed by atoms with Crippen molar-refractivity contribution in [1.29, 1.82) is 0 Å². The Morgan fingerprint density at radius 1 is 1.20 bits per heavy atom. The van der Waals surface area contributed by atoms with Gasteiger partial charge in [-0.25, -0.2) is 0 Å². The first kappa shape index (κ1) is 6.81. The molecule has 0 aliphatic carbocycles. The van der Waals surface area contributed by atoms with Crippen LogP contribution in [0.2, 0.25) is 0 Å². The van der Waals surface area contributed by atoms with E-state index in [1.54, 1.807) is 18.6 Å². The third-order valence-corrected chi connectivity index (χ3v) is 1.05. The zero-order chi connectivity index (χ0) is 7.07. The highest BCUT2D eigenvalue weighted by Gasteiger charge is 1.71. The topological polar surface area (TPSA) is 24.4 Å². The summed E-state index contributed by atoms with van der Waals surface area (Å²) in [5, 5.41) is 2.95. The highest BCUT2D eigenvalue weighted by molar-refractivity contribution is 5.71. The predicted octanol–water partition coefficient (Wildman–Crippen LogP) is 1.59. The van der Waals surface area contributed by atoms with Crippen LogP contribution >= 0.6 is 0 Å². The molecule has 0 unspecified atom stereocenters. The second-order valence-electron chi connectivity index (χ2n) is 1.85. The molecule has 2 nitrogen and oxygen atoms in total. The molecule has 0 aromatic rings. The van der Waals surface area contributed by atoms with Crippen molar-refractivity contribution < 1.29 is 0 Å². The molecular formula is C8H10N2. The lowest BCUT2D eigenvalue weighted by Gasteiger charge is -1.87. The van der Waals surface area contributed by atoms with Crippen molar-refractivity contribution in [2.45, 2.75) is 6.42 Å². The molecule has 0 saturated heterocycles. The van der Waals surface area contributed by atoms with Crippen LogP contribution in [0.3, 0.4) is 0 Å². The van der Waals surface area contributed by atoms with E-state index < -0.39 is 0 Å². The van der Waals surface area contributed by atoms with Gasteiger partial charge in [0.1, 0.15) is 0 Å². The minimum absolute atomic E-state index is 0.951. The minimum Gasteiger partial charge on any atom is -0.367 e. The van der Waals surface area contributed by atoms with Gasteiger partial charge in [-0.15, -0.1) is 0 Å². The maximum absolute atomic E-state index is 3.94. The molecule has 0 bridgehead atoms. The van der Waals surface area contributed by atoms with E-state index in [1.165, 1.54) is 0 Å². The van der Waals surface area contributed by atoms with Crippen LogP contribution in [-0.4, -0.2) is 6.21 Å². The molecule has 0 radical (unpaired) electrons. The number of aliphatic imine (C=N–C) groups is 1. The Balaban J connectivity index is 2.51.